The van der Waals surface area contributed by atoms with Crippen LogP contribution in [0.4, 0.5) is 0 Å². The number of aliphatic hydroxyl groups excluding tert-OH is 2. The van der Waals surface area contributed by atoms with Gasteiger partial charge in [0.2, 0.25) is 0 Å². The van der Waals surface area contributed by atoms with Crippen molar-refractivity contribution >= 4 is 22.8 Å². The summed E-state index contributed by atoms with van der Waals surface area (Å²) in [5.41, 5.74) is 6.29. The van der Waals surface area contributed by atoms with Crippen molar-refractivity contribution in [2.75, 3.05) is 0 Å². The van der Waals surface area contributed by atoms with Gasteiger partial charge in [-0.05, 0) is 104 Å². The van der Waals surface area contributed by atoms with Gasteiger partial charge in [-0.25, -0.2) is 0 Å². The lowest BCUT2D eigenvalue weighted by atomic mass is 9.41. The Morgan fingerprint density at radius 2 is 1.79 bits per heavy atom. The zero-order valence-corrected chi connectivity index (χ0v) is 21.7. The average Bonchev–Trinajstić information content (AvgIpc) is 3.27. The number of amides is 1. The molecule has 0 bridgehead atoms. The number of amidine groups is 1. The van der Waals surface area contributed by atoms with Crippen molar-refractivity contribution in [3.05, 3.63) is 0 Å². The number of thioether (sulfide) groups is 1. The van der Waals surface area contributed by atoms with Gasteiger partial charge in [-0.3, -0.25) is 4.79 Å². The Morgan fingerprint density at radius 1 is 1.09 bits per heavy atom. The molecule has 6 unspecified atom stereocenters. The predicted molar refractivity (Wildman–Crippen MR) is 134 cm³/mol. The van der Waals surface area contributed by atoms with E-state index in [1.807, 2.05) is 0 Å². The van der Waals surface area contributed by atoms with Gasteiger partial charge in [0.15, 0.2) is 5.17 Å². The third-order valence-electron chi connectivity index (χ3n) is 11.5. The van der Waals surface area contributed by atoms with Crippen molar-refractivity contribution in [1.29, 1.82) is 0 Å². The summed E-state index contributed by atoms with van der Waals surface area (Å²) in [6.07, 6.45) is 9.14. The van der Waals surface area contributed by atoms with Crippen molar-refractivity contribution in [3.8, 4) is 0 Å². The molecule has 4 aliphatic carbocycles. The molecule has 4 saturated carbocycles. The molecule has 0 saturated heterocycles. The number of nitrogens with zero attached hydrogens (tertiary/aromatic N) is 1. The molecular weight excluding hydrogens is 432 g/mol. The van der Waals surface area contributed by atoms with Crippen LogP contribution in [0.1, 0.15) is 85.5 Å². The maximum atomic E-state index is 12.3. The zero-order chi connectivity index (χ0) is 23.7. The van der Waals surface area contributed by atoms with Crippen LogP contribution < -0.4 is 5.73 Å². The first-order chi connectivity index (χ1) is 15.6. The van der Waals surface area contributed by atoms with E-state index in [-0.39, 0.29) is 34.2 Å². The van der Waals surface area contributed by atoms with E-state index >= 15 is 0 Å². The number of carbonyl (C=O) groups is 1. The molecule has 5 nitrogen and oxygen atoms in total. The van der Waals surface area contributed by atoms with Crippen LogP contribution in [-0.2, 0) is 4.79 Å². The molecule has 12 atom stereocenters. The Labute approximate surface area is 203 Å². The van der Waals surface area contributed by atoms with Crippen molar-refractivity contribution in [3.63, 3.8) is 0 Å². The average molecular weight is 477 g/mol. The van der Waals surface area contributed by atoms with Gasteiger partial charge in [-0.2, -0.15) is 4.99 Å². The van der Waals surface area contributed by atoms with Crippen LogP contribution in [0, 0.1) is 52.3 Å². The van der Waals surface area contributed by atoms with E-state index in [1.165, 1.54) is 37.4 Å². The summed E-state index contributed by atoms with van der Waals surface area (Å²) in [6, 6.07) is 0. The van der Waals surface area contributed by atoms with Crippen LogP contribution >= 0.6 is 11.8 Å². The van der Waals surface area contributed by atoms with Gasteiger partial charge in [-0.15, -0.1) is 0 Å². The standard InChI is InChI=1S/C27H44N2O3S/c1-5-16-20-13-15(30)8-10-27(20,4)19-9-11-26(3)17(6-7-18(26)22(19)23(16)31)14(2)12-21-24(32)29-25(28)33-21/h14-23,30-31H,5-13H2,1-4H3,(H2,28,29,32)/t14-,15-,16-,17?,18?,19?,20+,21?,22?,23?,26-,27-/m1/s1. The van der Waals surface area contributed by atoms with Crippen LogP contribution in [0.15, 0.2) is 4.99 Å². The third-order valence-corrected chi connectivity index (χ3v) is 12.5. The second-order valence-corrected chi connectivity index (χ2v) is 14.0. The molecular formula is C27H44N2O3S. The van der Waals surface area contributed by atoms with E-state index in [2.05, 4.69) is 32.7 Å². The topological polar surface area (TPSA) is 95.9 Å². The Morgan fingerprint density at radius 3 is 2.45 bits per heavy atom. The van der Waals surface area contributed by atoms with Crippen LogP contribution in [0.3, 0.4) is 0 Å². The second kappa shape index (κ2) is 8.51. The summed E-state index contributed by atoms with van der Waals surface area (Å²) in [6.45, 7) is 9.57. The quantitative estimate of drug-likeness (QED) is 0.551. The Hall–Kier alpha value is -0.590. The van der Waals surface area contributed by atoms with Gasteiger partial charge in [0.05, 0.1) is 17.5 Å². The fourth-order valence-corrected chi connectivity index (χ4v) is 11.0. The van der Waals surface area contributed by atoms with E-state index in [0.29, 0.717) is 46.6 Å². The first kappa shape index (κ1) is 24.1. The minimum atomic E-state index is -0.248. The summed E-state index contributed by atoms with van der Waals surface area (Å²) >= 11 is 1.44. The number of hydrogen-bond acceptors (Lipinski definition) is 5. The van der Waals surface area contributed by atoms with Gasteiger partial charge in [0.25, 0.3) is 5.91 Å². The van der Waals surface area contributed by atoms with Crippen molar-refractivity contribution in [2.24, 2.45) is 63.0 Å². The molecule has 4 fully saturated rings. The van der Waals surface area contributed by atoms with E-state index in [0.717, 1.165) is 32.1 Å². The minimum Gasteiger partial charge on any atom is -0.393 e. The fourth-order valence-electron chi connectivity index (χ4n) is 9.99. The summed E-state index contributed by atoms with van der Waals surface area (Å²) < 4.78 is 0. The lowest BCUT2D eigenvalue weighted by molar-refractivity contribution is -0.203. The number of aliphatic imine (C=N–C) groups is 1. The summed E-state index contributed by atoms with van der Waals surface area (Å²) in [4.78, 5) is 16.2. The highest BCUT2D eigenvalue weighted by atomic mass is 32.2. The molecule has 6 heteroatoms. The number of aliphatic hydroxyl groups is 2. The molecule has 1 aliphatic heterocycles. The van der Waals surface area contributed by atoms with Crippen LogP contribution in [0.5, 0.6) is 0 Å². The summed E-state index contributed by atoms with van der Waals surface area (Å²) in [5.74, 6) is 3.24. The molecule has 0 aromatic carbocycles. The van der Waals surface area contributed by atoms with Crippen LogP contribution in [0.2, 0.25) is 0 Å². The molecule has 1 amide bonds. The first-order valence-electron chi connectivity index (χ1n) is 13.5. The Kier molecular flexibility index (Phi) is 6.22. The van der Waals surface area contributed by atoms with E-state index in [9.17, 15) is 15.0 Å². The van der Waals surface area contributed by atoms with Gasteiger partial charge in [0, 0.05) is 0 Å². The van der Waals surface area contributed by atoms with Crippen molar-refractivity contribution in [1.82, 2.24) is 0 Å². The minimum absolute atomic E-state index is 0.0558. The fraction of sp³-hybridized carbons (Fsp3) is 0.926. The van der Waals surface area contributed by atoms with Gasteiger partial charge in [-0.1, -0.05) is 45.9 Å². The van der Waals surface area contributed by atoms with Crippen molar-refractivity contribution in [2.45, 2.75) is 103 Å². The van der Waals surface area contributed by atoms with E-state index < -0.39 is 0 Å². The van der Waals surface area contributed by atoms with Gasteiger partial charge >= 0.3 is 0 Å². The highest BCUT2D eigenvalue weighted by Crippen LogP contribution is 2.69. The highest BCUT2D eigenvalue weighted by molar-refractivity contribution is 8.15. The molecule has 33 heavy (non-hydrogen) atoms. The number of fused-ring (bicyclic) bond motifs is 5. The smallest absolute Gasteiger partial charge is 0.261 e. The molecule has 0 radical (unpaired) electrons. The second-order valence-electron chi connectivity index (χ2n) is 12.7. The van der Waals surface area contributed by atoms with E-state index in [1.54, 1.807) is 0 Å². The molecule has 0 aromatic rings. The molecule has 0 spiro atoms. The first-order valence-corrected chi connectivity index (χ1v) is 14.4. The molecule has 5 aliphatic rings. The normalized spacial score (nSPS) is 52.6. The lowest BCUT2D eigenvalue weighted by Gasteiger charge is -2.64. The number of rotatable bonds is 4. The number of nitrogens with two attached hydrogens (primary N) is 1. The lowest BCUT2D eigenvalue weighted by Crippen LogP contribution is -2.62. The molecule has 4 N–H and O–H groups in total. The van der Waals surface area contributed by atoms with E-state index in [4.69, 9.17) is 5.73 Å². The van der Waals surface area contributed by atoms with Crippen molar-refractivity contribution < 1.29 is 15.0 Å². The van der Waals surface area contributed by atoms with Crippen LogP contribution in [-0.4, -0.2) is 38.7 Å². The predicted octanol–water partition coefficient (Wildman–Crippen LogP) is 4.60. The largest absolute Gasteiger partial charge is 0.393 e. The highest BCUT2D eigenvalue weighted by Gasteiger charge is 2.65. The third kappa shape index (κ3) is 3.64. The van der Waals surface area contributed by atoms with Gasteiger partial charge < -0.3 is 15.9 Å². The number of hydrogen-bond donors (Lipinski definition) is 3. The maximum absolute atomic E-state index is 12.3. The maximum Gasteiger partial charge on any atom is 0.261 e. The van der Waals surface area contributed by atoms with Gasteiger partial charge in [0.1, 0.15) is 0 Å². The molecule has 0 aromatic heterocycles. The Bertz CT molecular complexity index is 819. The molecule has 1 heterocycles. The van der Waals surface area contributed by atoms with Crippen LogP contribution in [0.25, 0.3) is 0 Å². The molecule has 186 valence electrons. The summed E-state index contributed by atoms with van der Waals surface area (Å²) in [7, 11) is 0. The zero-order valence-electron chi connectivity index (χ0n) is 20.9. The summed E-state index contributed by atoms with van der Waals surface area (Å²) in [5, 5.41) is 22.6. The molecule has 5 rings (SSSR count). The Balaban J connectivity index is 1.39. The number of carbonyl (C=O) groups excluding carboxylic acids is 1. The SMILES string of the molecule is CC[C@H]1C(O)C2C3CCC([C@H](C)CC4SC(N)=NC4=O)[C@@]3(C)CCC2[C@@]2(C)CC[C@@H](O)C[C@@H]12. The monoisotopic (exact) mass is 476 g/mol.